The fourth-order valence-electron chi connectivity index (χ4n) is 4.91. The maximum absolute atomic E-state index is 13.4. The van der Waals surface area contributed by atoms with Crippen LogP contribution in [0.4, 0.5) is 10.5 Å². The van der Waals surface area contributed by atoms with E-state index in [1.54, 1.807) is 0 Å². The second-order valence-corrected chi connectivity index (χ2v) is 9.71. The van der Waals surface area contributed by atoms with Gasteiger partial charge in [-0.1, -0.05) is 13.0 Å². The molecular formula is C25H39N5O3. The number of aryl methyl sites for hydroxylation is 1. The van der Waals surface area contributed by atoms with Crippen LogP contribution >= 0.6 is 0 Å². The number of carbonyl (C=O) groups is 2. The molecule has 0 spiro atoms. The van der Waals surface area contributed by atoms with Gasteiger partial charge in [0.05, 0.1) is 12.2 Å². The molecule has 2 saturated heterocycles. The Balaban J connectivity index is 1.27. The van der Waals surface area contributed by atoms with Gasteiger partial charge >= 0.3 is 6.03 Å². The number of fused-ring (bicyclic) bond motifs is 1. The van der Waals surface area contributed by atoms with Gasteiger partial charge in [-0.25, -0.2) is 4.79 Å². The zero-order valence-corrected chi connectivity index (χ0v) is 20.4. The van der Waals surface area contributed by atoms with E-state index in [1.807, 2.05) is 34.9 Å². The lowest BCUT2D eigenvalue weighted by molar-refractivity contribution is -0.126. The van der Waals surface area contributed by atoms with Crippen LogP contribution in [0.3, 0.4) is 0 Å². The van der Waals surface area contributed by atoms with Gasteiger partial charge in [0.15, 0.2) is 0 Å². The standard InChI is InChI=1S/C25H39N5O3/c1-4-21-18-30(22-17-19(2)5-6-23(22)33-21)25(32)29-10-7-20(8-11-29)24(31)26-9-12-28-15-13-27(3)14-16-28/h5-6,17,20-21H,4,7-16,18H2,1-3H3,(H,26,31)/t21-/m1/s1. The first-order valence-corrected chi connectivity index (χ1v) is 12.5. The highest BCUT2D eigenvalue weighted by molar-refractivity contribution is 5.94. The van der Waals surface area contributed by atoms with Crippen LogP contribution in [-0.2, 0) is 4.79 Å². The van der Waals surface area contributed by atoms with Crippen molar-refractivity contribution in [1.82, 2.24) is 20.0 Å². The highest BCUT2D eigenvalue weighted by Crippen LogP contribution is 2.36. The number of nitrogens with one attached hydrogen (secondary N) is 1. The predicted molar refractivity (Wildman–Crippen MR) is 130 cm³/mol. The van der Waals surface area contributed by atoms with Crippen LogP contribution in [-0.4, -0.2) is 98.7 Å². The number of hydrogen-bond acceptors (Lipinski definition) is 5. The number of likely N-dealkylation sites (N-methyl/N-ethyl adjacent to an activating group) is 1. The first kappa shape index (κ1) is 23.8. The highest BCUT2D eigenvalue weighted by Gasteiger charge is 2.34. The van der Waals surface area contributed by atoms with Crippen molar-refractivity contribution >= 4 is 17.6 Å². The smallest absolute Gasteiger partial charge is 0.324 e. The lowest BCUT2D eigenvalue weighted by atomic mass is 9.96. The Labute approximate surface area is 197 Å². The number of piperazine rings is 1. The Morgan fingerprint density at radius 3 is 2.52 bits per heavy atom. The average Bonchev–Trinajstić information content (AvgIpc) is 2.84. The fraction of sp³-hybridized carbons (Fsp3) is 0.680. The van der Waals surface area contributed by atoms with E-state index in [0.29, 0.717) is 39.0 Å². The van der Waals surface area contributed by atoms with Crippen molar-refractivity contribution in [2.75, 3.05) is 70.9 Å². The van der Waals surface area contributed by atoms with Crippen molar-refractivity contribution in [3.8, 4) is 5.75 Å². The number of carbonyl (C=O) groups excluding carboxylic acids is 2. The molecule has 0 bridgehead atoms. The molecule has 0 radical (unpaired) electrons. The summed E-state index contributed by atoms with van der Waals surface area (Å²) in [6.45, 7) is 11.8. The van der Waals surface area contributed by atoms with Gasteiger partial charge in [-0.05, 0) is 50.9 Å². The summed E-state index contributed by atoms with van der Waals surface area (Å²) in [7, 11) is 2.15. The minimum atomic E-state index is -0.0100. The third kappa shape index (κ3) is 5.79. The molecule has 0 aliphatic carbocycles. The van der Waals surface area contributed by atoms with E-state index in [0.717, 1.165) is 56.1 Å². The second-order valence-electron chi connectivity index (χ2n) is 9.71. The predicted octanol–water partition coefficient (Wildman–Crippen LogP) is 2.17. The van der Waals surface area contributed by atoms with Crippen LogP contribution in [0.5, 0.6) is 5.75 Å². The molecule has 3 amide bonds. The van der Waals surface area contributed by atoms with Gasteiger partial charge in [-0.3, -0.25) is 14.6 Å². The number of urea groups is 1. The van der Waals surface area contributed by atoms with E-state index in [2.05, 4.69) is 29.1 Å². The fourth-order valence-corrected chi connectivity index (χ4v) is 4.91. The number of rotatable bonds is 5. The van der Waals surface area contributed by atoms with Gasteiger partial charge in [0, 0.05) is 58.3 Å². The number of hydrogen-bond donors (Lipinski definition) is 1. The molecule has 0 unspecified atom stereocenters. The normalized spacial score (nSPS) is 22.6. The topological polar surface area (TPSA) is 68.4 Å². The molecule has 33 heavy (non-hydrogen) atoms. The summed E-state index contributed by atoms with van der Waals surface area (Å²) < 4.78 is 6.07. The molecule has 3 aliphatic rings. The quantitative estimate of drug-likeness (QED) is 0.734. The highest BCUT2D eigenvalue weighted by atomic mass is 16.5. The Morgan fingerprint density at radius 2 is 1.82 bits per heavy atom. The zero-order valence-electron chi connectivity index (χ0n) is 20.4. The van der Waals surface area contributed by atoms with Crippen LogP contribution in [0.2, 0.25) is 0 Å². The molecule has 1 aromatic rings. The molecule has 2 fully saturated rings. The Hall–Kier alpha value is -2.32. The van der Waals surface area contributed by atoms with E-state index in [1.165, 1.54) is 0 Å². The first-order valence-electron chi connectivity index (χ1n) is 12.5. The maximum Gasteiger partial charge on any atom is 0.324 e. The van der Waals surface area contributed by atoms with Gasteiger partial charge in [0.1, 0.15) is 11.9 Å². The molecule has 4 rings (SSSR count). The van der Waals surface area contributed by atoms with Crippen LogP contribution < -0.4 is 15.0 Å². The van der Waals surface area contributed by atoms with Crippen molar-refractivity contribution in [3.63, 3.8) is 0 Å². The van der Waals surface area contributed by atoms with Crippen LogP contribution in [0.1, 0.15) is 31.7 Å². The van der Waals surface area contributed by atoms with Crippen molar-refractivity contribution in [2.24, 2.45) is 5.92 Å². The molecule has 0 saturated carbocycles. The molecule has 3 aliphatic heterocycles. The third-order valence-corrected chi connectivity index (χ3v) is 7.23. The van der Waals surface area contributed by atoms with Crippen LogP contribution in [0.15, 0.2) is 18.2 Å². The van der Waals surface area contributed by atoms with Gasteiger partial charge in [-0.15, -0.1) is 0 Å². The number of ether oxygens (including phenoxy) is 1. The summed E-state index contributed by atoms with van der Waals surface area (Å²) in [5.74, 6) is 0.903. The van der Waals surface area contributed by atoms with E-state index in [9.17, 15) is 9.59 Å². The second kappa shape index (κ2) is 10.7. The van der Waals surface area contributed by atoms with Crippen molar-refractivity contribution in [1.29, 1.82) is 0 Å². The summed E-state index contributed by atoms with van der Waals surface area (Å²) >= 11 is 0. The molecule has 1 atom stereocenters. The van der Waals surface area contributed by atoms with Crippen LogP contribution in [0.25, 0.3) is 0 Å². The summed E-state index contributed by atoms with van der Waals surface area (Å²) in [4.78, 5) is 34.6. The van der Waals surface area contributed by atoms with E-state index in [-0.39, 0.29) is 24.0 Å². The molecule has 1 N–H and O–H groups in total. The number of likely N-dealkylation sites (tertiary alicyclic amines) is 1. The summed E-state index contributed by atoms with van der Waals surface area (Å²) in [6, 6.07) is 6.04. The number of benzene rings is 1. The molecule has 3 heterocycles. The third-order valence-electron chi connectivity index (χ3n) is 7.23. The van der Waals surface area contributed by atoms with Gasteiger partial charge in [-0.2, -0.15) is 0 Å². The maximum atomic E-state index is 13.4. The number of anilines is 1. The minimum Gasteiger partial charge on any atom is -0.486 e. The van der Waals surface area contributed by atoms with Crippen molar-refractivity contribution in [3.05, 3.63) is 23.8 Å². The molecule has 8 nitrogen and oxygen atoms in total. The Bertz CT molecular complexity index is 831. The van der Waals surface area contributed by atoms with E-state index < -0.39 is 0 Å². The monoisotopic (exact) mass is 457 g/mol. The van der Waals surface area contributed by atoms with E-state index in [4.69, 9.17) is 4.74 Å². The largest absolute Gasteiger partial charge is 0.486 e. The summed E-state index contributed by atoms with van der Waals surface area (Å²) in [6.07, 6.45) is 2.29. The van der Waals surface area contributed by atoms with Crippen LogP contribution in [0, 0.1) is 12.8 Å². The zero-order chi connectivity index (χ0) is 23.4. The Morgan fingerprint density at radius 1 is 1.09 bits per heavy atom. The van der Waals surface area contributed by atoms with Gasteiger partial charge in [0.2, 0.25) is 5.91 Å². The average molecular weight is 458 g/mol. The van der Waals surface area contributed by atoms with Crippen molar-refractivity contribution < 1.29 is 14.3 Å². The molecule has 0 aromatic heterocycles. The SMILES string of the molecule is CC[C@@H]1CN(C(=O)N2CCC(C(=O)NCCN3CCN(C)CC3)CC2)c2cc(C)ccc2O1. The molecule has 1 aromatic carbocycles. The van der Waals surface area contributed by atoms with Gasteiger partial charge in [0.25, 0.3) is 0 Å². The van der Waals surface area contributed by atoms with Gasteiger partial charge < -0.3 is 19.9 Å². The first-order chi connectivity index (χ1) is 15.9. The molecular weight excluding hydrogens is 418 g/mol. The summed E-state index contributed by atoms with van der Waals surface area (Å²) in [5, 5.41) is 3.13. The lowest BCUT2D eigenvalue weighted by Crippen LogP contribution is -2.52. The Kier molecular flexibility index (Phi) is 7.75. The number of nitrogens with zero attached hydrogens (tertiary/aromatic N) is 4. The van der Waals surface area contributed by atoms with Crippen molar-refractivity contribution in [2.45, 2.75) is 39.2 Å². The summed E-state index contributed by atoms with van der Waals surface area (Å²) in [5.41, 5.74) is 1.96. The van der Waals surface area contributed by atoms with E-state index >= 15 is 0 Å². The minimum absolute atomic E-state index is 0.00720. The molecule has 8 heteroatoms. The lowest BCUT2D eigenvalue weighted by Gasteiger charge is -2.39. The number of piperidine rings is 1. The number of amides is 3. The molecule has 182 valence electrons.